The molecule has 0 aliphatic carbocycles. The van der Waals surface area contributed by atoms with Gasteiger partial charge >= 0.3 is 5.69 Å². The Morgan fingerprint density at radius 3 is 2.61 bits per heavy atom. The molecule has 15 heteroatoms. The predicted molar refractivity (Wildman–Crippen MR) is 132 cm³/mol. The van der Waals surface area contributed by atoms with Crippen LogP contribution < -0.4 is 22.3 Å². The summed E-state index contributed by atoms with van der Waals surface area (Å²) in [6, 6.07) is 6.09. The van der Waals surface area contributed by atoms with Gasteiger partial charge in [0.05, 0.1) is 19.3 Å². The van der Waals surface area contributed by atoms with Crippen LogP contribution in [0.1, 0.15) is 17.8 Å². The number of benzene rings is 1. The first-order chi connectivity index (χ1) is 18.2. The van der Waals surface area contributed by atoms with Crippen molar-refractivity contribution in [2.45, 2.75) is 43.2 Å². The Labute approximate surface area is 214 Å². The average Bonchev–Trinajstić information content (AvgIpc) is 3.31. The number of aromatic amines is 1. The second kappa shape index (κ2) is 10.5. The van der Waals surface area contributed by atoms with Gasteiger partial charge in [0.1, 0.15) is 24.1 Å². The molecule has 206 valence electrons. The van der Waals surface area contributed by atoms with E-state index in [1.165, 1.54) is 12.1 Å². The van der Waals surface area contributed by atoms with Gasteiger partial charge in [-0.05, 0) is 17.7 Å². The van der Waals surface area contributed by atoms with Crippen LogP contribution in [-0.4, -0.2) is 102 Å². The first-order valence-electron chi connectivity index (χ1n) is 12.2. The molecule has 2 fully saturated rings. The van der Waals surface area contributed by atoms with Crippen LogP contribution in [0.15, 0.2) is 33.9 Å². The Morgan fingerprint density at radius 2 is 1.92 bits per heavy atom. The number of halogens is 1. The van der Waals surface area contributed by atoms with Gasteiger partial charge in [0.2, 0.25) is 5.95 Å². The minimum Gasteiger partial charge on any atom is -0.394 e. The molecule has 2 aliphatic rings. The van der Waals surface area contributed by atoms with Gasteiger partial charge in [0, 0.05) is 32.2 Å². The zero-order valence-electron chi connectivity index (χ0n) is 20.3. The first kappa shape index (κ1) is 26.4. The number of hydrogen-bond acceptors (Lipinski definition) is 11. The summed E-state index contributed by atoms with van der Waals surface area (Å²) in [6.07, 6.45) is -6.77. The number of anilines is 1. The SMILES string of the molecule is Nc1nc2c(c(=O)[nH]1)n(CC(O)CN1CCNC(c3ccc(F)cc3)C1)c(=O)n2[C@@H]1O[C@H](CO)[C@@H](O)[C@H]1O. The van der Waals surface area contributed by atoms with E-state index in [0.29, 0.717) is 19.6 Å². The lowest BCUT2D eigenvalue weighted by Gasteiger charge is -2.35. The molecule has 0 saturated carbocycles. The summed E-state index contributed by atoms with van der Waals surface area (Å²) in [5, 5.41) is 44.4. The number of aromatic nitrogens is 4. The highest BCUT2D eigenvalue weighted by atomic mass is 19.1. The molecule has 38 heavy (non-hydrogen) atoms. The lowest BCUT2D eigenvalue weighted by molar-refractivity contribution is -0.0529. The van der Waals surface area contributed by atoms with Gasteiger partial charge in [-0.25, -0.2) is 13.8 Å². The molecule has 14 nitrogen and oxygen atoms in total. The molecule has 0 amide bonds. The zero-order valence-corrected chi connectivity index (χ0v) is 20.3. The van der Waals surface area contributed by atoms with E-state index >= 15 is 0 Å². The third-order valence-electron chi connectivity index (χ3n) is 7.00. The summed E-state index contributed by atoms with van der Waals surface area (Å²) in [6.45, 7) is 1.06. The van der Waals surface area contributed by atoms with Crippen LogP contribution in [0.4, 0.5) is 10.3 Å². The number of ether oxygens (including phenoxy) is 1. The smallest absolute Gasteiger partial charge is 0.332 e. The van der Waals surface area contributed by atoms with Crippen LogP contribution in [0.2, 0.25) is 0 Å². The van der Waals surface area contributed by atoms with Crippen LogP contribution in [-0.2, 0) is 11.3 Å². The lowest BCUT2D eigenvalue weighted by Crippen LogP contribution is -2.49. The zero-order chi connectivity index (χ0) is 27.1. The third-order valence-corrected chi connectivity index (χ3v) is 7.00. The second-order valence-electron chi connectivity index (χ2n) is 9.59. The summed E-state index contributed by atoms with van der Waals surface area (Å²) in [5.74, 6) is -0.613. The monoisotopic (exact) mass is 535 g/mol. The number of nitrogens with two attached hydrogens (primary N) is 1. The van der Waals surface area contributed by atoms with Gasteiger partial charge in [-0.1, -0.05) is 12.1 Å². The number of fused-ring (bicyclic) bond motifs is 1. The van der Waals surface area contributed by atoms with Crippen molar-refractivity contribution in [1.82, 2.24) is 29.3 Å². The Balaban J connectivity index is 1.40. The van der Waals surface area contributed by atoms with Gasteiger partial charge in [-0.15, -0.1) is 0 Å². The van der Waals surface area contributed by atoms with E-state index in [9.17, 15) is 34.4 Å². The number of β-amino-alcohol motifs (C(OH)–C–C–N with tert-alkyl or cyclic N) is 1. The number of hydrogen-bond donors (Lipinski definition) is 7. The molecule has 0 spiro atoms. The topological polar surface area (TPSA) is 204 Å². The fourth-order valence-corrected chi connectivity index (χ4v) is 5.15. The number of aliphatic hydroxyl groups is 4. The molecule has 2 aliphatic heterocycles. The molecule has 2 aromatic heterocycles. The number of nitrogens with zero attached hydrogens (tertiary/aromatic N) is 4. The van der Waals surface area contributed by atoms with Gasteiger partial charge in [-0.2, -0.15) is 4.98 Å². The summed E-state index contributed by atoms with van der Waals surface area (Å²) < 4.78 is 20.7. The highest BCUT2D eigenvalue weighted by molar-refractivity contribution is 5.71. The Bertz CT molecular complexity index is 1410. The molecule has 2 saturated heterocycles. The molecule has 0 radical (unpaired) electrons. The third kappa shape index (κ3) is 4.84. The maximum atomic E-state index is 13.5. The Morgan fingerprint density at radius 1 is 1.18 bits per heavy atom. The van der Waals surface area contributed by atoms with E-state index in [0.717, 1.165) is 14.7 Å². The number of imidazole rings is 1. The second-order valence-corrected chi connectivity index (χ2v) is 9.59. The van der Waals surface area contributed by atoms with Crippen molar-refractivity contribution in [1.29, 1.82) is 0 Å². The number of piperazine rings is 1. The van der Waals surface area contributed by atoms with Gasteiger partial charge in [0.15, 0.2) is 17.4 Å². The standard InChI is InChI=1S/C23H30FN7O7/c24-12-3-1-11(2-4-12)14-9-29(6-5-26-14)7-13(33)8-30-16-19(27-22(25)28-20(16)36)31(23(30)37)21-18(35)17(34)15(10-32)38-21/h1-4,13-15,17-18,21,26,32-35H,5-10H2,(H3,25,27,28,36)/t13?,14?,15-,17-,18-,21-/m1/s1. The van der Waals surface area contributed by atoms with Crippen LogP contribution in [0, 0.1) is 5.82 Å². The maximum absolute atomic E-state index is 13.5. The molecular weight excluding hydrogens is 505 g/mol. The Hall–Kier alpha value is -3.18. The lowest BCUT2D eigenvalue weighted by atomic mass is 10.0. The molecule has 0 bridgehead atoms. The maximum Gasteiger partial charge on any atom is 0.332 e. The molecule has 5 rings (SSSR count). The fraction of sp³-hybridized carbons (Fsp3) is 0.522. The van der Waals surface area contributed by atoms with Crippen molar-refractivity contribution in [3.8, 4) is 0 Å². The van der Waals surface area contributed by atoms with E-state index in [4.69, 9.17) is 10.5 Å². The minimum atomic E-state index is -1.60. The van der Waals surface area contributed by atoms with Crippen molar-refractivity contribution < 1.29 is 29.6 Å². The van der Waals surface area contributed by atoms with Crippen molar-refractivity contribution in [2.24, 2.45) is 0 Å². The van der Waals surface area contributed by atoms with Crippen LogP contribution in [0.25, 0.3) is 11.2 Å². The van der Waals surface area contributed by atoms with Crippen molar-refractivity contribution in [2.75, 3.05) is 38.5 Å². The highest BCUT2D eigenvalue weighted by Gasteiger charge is 2.45. The summed E-state index contributed by atoms with van der Waals surface area (Å²) >= 11 is 0. The van der Waals surface area contributed by atoms with Crippen LogP contribution in [0.5, 0.6) is 0 Å². The van der Waals surface area contributed by atoms with Gasteiger partial charge in [-0.3, -0.25) is 19.2 Å². The van der Waals surface area contributed by atoms with Gasteiger partial charge in [0.25, 0.3) is 5.56 Å². The summed E-state index contributed by atoms with van der Waals surface area (Å²) in [4.78, 5) is 34.6. The van der Waals surface area contributed by atoms with Crippen molar-refractivity contribution in [3.63, 3.8) is 0 Å². The van der Waals surface area contributed by atoms with Crippen LogP contribution in [0.3, 0.4) is 0 Å². The first-order valence-corrected chi connectivity index (χ1v) is 12.2. The fourth-order valence-electron chi connectivity index (χ4n) is 5.15. The molecular formula is C23H30FN7O7. The molecule has 4 heterocycles. The molecule has 8 N–H and O–H groups in total. The quantitative estimate of drug-likeness (QED) is 0.165. The highest BCUT2D eigenvalue weighted by Crippen LogP contribution is 2.30. The number of nitrogen functional groups attached to an aromatic ring is 1. The van der Waals surface area contributed by atoms with E-state index < -0.39 is 48.5 Å². The van der Waals surface area contributed by atoms with E-state index in [1.807, 2.05) is 4.90 Å². The number of rotatable bonds is 7. The van der Waals surface area contributed by atoms with Crippen molar-refractivity contribution >= 4 is 17.1 Å². The number of H-pyrrole nitrogens is 1. The van der Waals surface area contributed by atoms with E-state index in [1.54, 1.807) is 12.1 Å². The molecule has 2 unspecified atom stereocenters. The van der Waals surface area contributed by atoms with Crippen LogP contribution >= 0.6 is 0 Å². The summed E-state index contributed by atoms with van der Waals surface area (Å²) in [7, 11) is 0. The van der Waals surface area contributed by atoms with Crippen molar-refractivity contribution in [3.05, 3.63) is 56.5 Å². The molecule has 3 aromatic rings. The largest absolute Gasteiger partial charge is 0.394 e. The average molecular weight is 536 g/mol. The number of nitrogens with one attached hydrogen (secondary N) is 2. The summed E-state index contributed by atoms with van der Waals surface area (Å²) in [5.41, 5.74) is 4.66. The van der Waals surface area contributed by atoms with E-state index in [2.05, 4.69) is 15.3 Å². The van der Waals surface area contributed by atoms with E-state index in [-0.39, 0.29) is 42.1 Å². The molecule has 1 aromatic carbocycles. The Kier molecular flexibility index (Phi) is 7.32. The predicted octanol–water partition coefficient (Wildman–Crippen LogP) is -2.77. The normalized spacial score (nSPS) is 27.2. The minimum absolute atomic E-state index is 0.0805. The molecule has 6 atom stereocenters. The van der Waals surface area contributed by atoms with Gasteiger partial charge < -0.3 is 36.2 Å². The number of aliphatic hydroxyl groups excluding tert-OH is 4.